The molecular formula is C13H25NO2. The maximum absolute atomic E-state index is 9.85. The summed E-state index contributed by atoms with van der Waals surface area (Å²) >= 11 is 0. The molecule has 3 nitrogen and oxygen atoms in total. The molecule has 1 saturated carbocycles. The van der Waals surface area contributed by atoms with Crippen molar-refractivity contribution in [3.8, 4) is 0 Å². The molecule has 0 amide bonds. The number of nitrogens with zero attached hydrogens (tertiary/aromatic N) is 1. The fourth-order valence-electron chi connectivity index (χ4n) is 3.12. The van der Waals surface area contributed by atoms with Gasteiger partial charge in [0.25, 0.3) is 0 Å². The number of hydrogen-bond donors (Lipinski definition) is 1. The van der Waals surface area contributed by atoms with Gasteiger partial charge in [0.2, 0.25) is 0 Å². The zero-order valence-electron chi connectivity index (χ0n) is 10.6. The van der Waals surface area contributed by atoms with Gasteiger partial charge in [-0.05, 0) is 31.1 Å². The lowest BCUT2D eigenvalue weighted by Gasteiger charge is -2.46. The highest BCUT2D eigenvalue weighted by Gasteiger charge is 2.39. The van der Waals surface area contributed by atoms with Crippen molar-refractivity contribution >= 4 is 0 Å². The minimum atomic E-state index is -0.0952. The lowest BCUT2D eigenvalue weighted by molar-refractivity contribution is -0.0120. The summed E-state index contributed by atoms with van der Waals surface area (Å²) in [6, 6.07) is 0.526. The molecule has 3 heteroatoms. The van der Waals surface area contributed by atoms with Crippen molar-refractivity contribution in [3.63, 3.8) is 0 Å². The third kappa shape index (κ3) is 2.76. The van der Waals surface area contributed by atoms with Crippen molar-refractivity contribution in [2.75, 3.05) is 26.3 Å². The number of rotatable bonds is 1. The van der Waals surface area contributed by atoms with Crippen LogP contribution in [0.5, 0.6) is 0 Å². The molecule has 0 aromatic rings. The molecule has 0 radical (unpaired) electrons. The average molecular weight is 227 g/mol. The molecule has 2 aliphatic rings. The first-order valence-corrected chi connectivity index (χ1v) is 6.59. The van der Waals surface area contributed by atoms with E-state index in [1.807, 2.05) is 0 Å². The van der Waals surface area contributed by atoms with Crippen molar-refractivity contribution in [1.82, 2.24) is 4.90 Å². The molecule has 94 valence electrons. The molecule has 1 aliphatic heterocycles. The molecule has 0 aromatic heterocycles. The van der Waals surface area contributed by atoms with Crippen LogP contribution in [0.15, 0.2) is 0 Å². The van der Waals surface area contributed by atoms with E-state index < -0.39 is 0 Å². The standard InChI is InChI=1S/C13H25NO2/c1-13(2)5-4-11(15)10-12(13)14-6-3-8-16-9-7-14/h11-12,15H,3-10H2,1-2H3. The Bertz CT molecular complexity index is 222. The van der Waals surface area contributed by atoms with E-state index in [9.17, 15) is 5.11 Å². The topological polar surface area (TPSA) is 32.7 Å². The predicted octanol–water partition coefficient (Wildman–Crippen LogP) is 1.65. The van der Waals surface area contributed by atoms with Crippen molar-refractivity contribution in [2.45, 2.75) is 51.7 Å². The maximum Gasteiger partial charge on any atom is 0.0593 e. The van der Waals surface area contributed by atoms with Crippen LogP contribution in [0.4, 0.5) is 0 Å². The first-order chi connectivity index (χ1) is 7.59. The Hall–Kier alpha value is -0.120. The number of ether oxygens (including phenoxy) is 1. The molecule has 16 heavy (non-hydrogen) atoms. The zero-order valence-corrected chi connectivity index (χ0v) is 10.6. The van der Waals surface area contributed by atoms with Gasteiger partial charge in [-0.1, -0.05) is 13.8 Å². The monoisotopic (exact) mass is 227 g/mol. The van der Waals surface area contributed by atoms with E-state index in [0.717, 1.165) is 52.0 Å². The zero-order chi connectivity index (χ0) is 11.6. The quantitative estimate of drug-likeness (QED) is 0.739. The van der Waals surface area contributed by atoms with Crippen LogP contribution < -0.4 is 0 Å². The van der Waals surface area contributed by atoms with Gasteiger partial charge in [-0.3, -0.25) is 4.90 Å². The minimum absolute atomic E-state index is 0.0952. The van der Waals surface area contributed by atoms with Gasteiger partial charge in [0.05, 0.1) is 12.7 Å². The smallest absolute Gasteiger partial charge is 0.0593 e. The van der Waals surface area contributed by atoms with Crippen LogP contribution in [-0.2, 0) is 4.74 Å². The first-order valence-electron chi connectivity index (χ1n) is 6.59. The number of aliphatic hydroxyl groups excluding tert-OH is 1. The molecule has 2 atom stereocenters. The summed E-state index contributed by atoms with van der Waals surface area (Å²) in [5.74, 6) is 0. The summed E-state index contributed by atoms with van der Waals surface area (Å²) < 4.78 is 5.51. The van der Waals surface area contributed by atoms with E-state index in [0.29, 0.717) is 11.5 Å². The maximum atomic E-state index is 9.85. The van der Waals surface area contributed by atoms with Crippen LogP contribution in [0.3, 0.4) is 0 Å². The summed E-state index contributed by atoms with van der Waals surface area (Å²) in [5, 5.41) is 9.85. The largest absolute Gasteiger partial charge is 0.393 e. The van der Waals surface area contributed by atoms with E-state index in [-0.39, 0.29) is 6.10 Å². The Morgan fingerprint density at radius 3 is 2.88 bits per heavy atom. The van der Waals surface area contributed by atoms with E-state index in [4.69, 9.17) is 4.74 Å². The van der Waals surface area contributed by atoms with Crippen molar-refractivity contribution in [1.29, 1.82) is 0 Å². The second-order valence-corrected chi connectivity index (χ2v) is 5.93. The second-order valence-electron chi connectivity index (χ2n) is 5.93. The molecular weight excluding hydrogens is 202 g/mol. The van der Waals surface area contributed by atoms with Crippen molar-refractivity contribution in [3.05, 3.63) is 0 Å². The van der Waals surface area contributed by atoms with Crippen LogP contribution in [0.1, 0.15) is 39.5 Å². The van der Waals surface area contributed by atoms with E-state index in [2.05, 4.69) is 18.7 Å². The molecule has 2 fully saturated rings. The number of hydrogen-bond acceptors (Lipinski definition) is 3. The highest BCUT2D eigenvalue weighted by molar-refractivity contribution is 4.93. The van der Waals surface area contributed by atoms with Gasteiger partial charge in [-0.2, -0.15) is 0 Å². The minimum Gasteiger partial charge on any atom is -0.393 e. The Morgan fingerprint density at radius 2 is 2.06 bits per heavy atom. The van der Waals surface area contributed by atoms with Gasteiger partial charge in [-0.25, -0.2) is 0 Å². The Kier molecular flexibility index (Phi) is 3.88. The fourth-order valence-corrected chi connectivity index (χ4v) is 3.12. The van der Waals surface area contributed by atoms with Gasteiger partial charge in [0.1, 0.15) is 0 Å². The molecule has 1 saturated heterocycles. The first kappa shape index (κ1) is 12.3. The highest BCUT2D eigenvalue weighted by Crippen LogP contribution is 2.38. The van der Waals surface area contributed by atoms with Gasteiger partial charge in [-0.15, -0.1) is 0 Å². The van der Waals surface area contributed by atoms with E-state index in [1.165, 1.54) is 0 Å². The SMILES string of the molecule is CC1(C)CCC(O)CC1N1CCCOCC1. The molecule has 2 rings (SSSR count). The van der Waals surface area contributed by atoms with Crippen molar-refractivity contribution < 1.29 is 9.84 Å². The predicted molar refractivity (Wildman–Crippen MR) is 64.4 cm³/mol. The Morgan fingerprint density at radius 1 is 1.25 bits per heavy atom. The summed E-state index contributed by atoms with van der Waals surface area (Å²) in [7, 11) is 0. The van der Waals surface area contributed by atoms with Gasteiger partial charge in [0, 0.05) is 25.7 Å². The molecule has 0 spiro atoms. The summed E-state index contributed by atoms with van der Waals surface area (Å²) in [4.78, 5) is 2.54. The van der Waals surface area contributed by atoms with Gasteiger partial charge >= 0.3 is 0 Å². The summed E-state index contributed by atoms with van der Waals surface area (Å²) in [5.41, 5.74) is 0.337. The van der Waals surface area contributed by atoms with Crippen LogP contribution in [0, 0.1) is 5.41 Å². The van der Waals surface area contributed by atoms with Crippen LogP contribution in [-0.4, -0.2) is 48.5 Å². The van der Waals surface area contributed by atoms with Crippen LogP contribution in [0.25, 0.3) is 0 Å². The molecule has 2 unspecified atom stereocenters. The lowest BCUT2D eigenvalue weighted by Crippen LogP contribution is -2.50. The second kappa shape index (κ2) is 5.03. The number of aliphatic hydroxyl groups is 1. The summed E-state index contributed by atoms with van der Waals surface area (Å²) in [6.07, 6.45) is 4.07. The van der Waals surface area contributed by atoms with Gasteiger partial charge in [0.15, 0.2) is 0 Å². The average Bonchev–Trinajstić information content (AvgIpc) is 2.50. The summed E-state index contributed by atoms with van der Waals surface area (Å²) in [6.45, 7) is 8.58. The molecule has 1 heterocycles. The normalized spacial score (nSPS) is 36.9. The third-order valence-electron chi connectivity index (χ3n) is 4.22. The third-order valence-corrected chi connectivity index (χ3v) is 4.22. The van der Waals surface area contributed by atoms with Crippen LogP contribution >= 0.6 is 0 Å². The Labute approximate surface area is 98.8 Å². The van der Waals surface area contributed by atoms with Gasteiger partial charge < -0.3 is 9.84 Å². The Balaban J connectivity index is 2.03. The molecule has 1 N–H and O–H groups in total. The molecule has 0 bridgehead atoms. The molecule has 0 aromatic carbocycles. The lowest BCUT2D eigenvalue weighted by atomic mass is 9.71. The van der Waals surface area contributed by atoms with Crippen LogP contribution in [0.2, 0.25) is 0 Å². The van der Waals surface area contributed by atoms with E-state index in [1.54, 1.807) is 0 Å². The highest BCUT2D eigenvalue weighted by atomic mass is 16.5. The fraction of sp³-hybridized carbons (Fsp3) is 1.00. The van der Waals surface area contributed by atoms with E-state index >= 15 is 0 Å². The molecule has 1 aliphatic carbocycles. The van der Waals surface area contributed by atoms with Crippen molar-refractivity contribution in [2.24, 2.45) is 5.41 Å².